The summed E-state index contributed by atoms with van der Waals surface area (Å²) in [4.78, 5) is 42.9. The molecule has 0 aliphatic carbocycles. The molecule has 5 rings (SSSR count). The van der Waals surface area contributed by atoms with Crippen molar-refractivity contribution in [1.29, 1.82) is 0 Å². The molecule has 4 aromatic rings. The Morgan fingerprint density at radius 2 is 1.14 bits per heavy atom. The van der Waals surface area contributed by atoms with E-state index < -0.39 is 35.0 Å². The number of carbonyl (C=O) groups excluding carboxylic acids is 1. The highest BCUT2D eigenvalue weighted by atomic mass is 16.5. The van der Waals surface area contributed by atoms with Crippen molar-refractivity contribution in [2.24, 2.45) is 0 Å². The van der Waals surface area contributed by atoms with E-state index in [1.165, 1.54) is 75.0 Å². The fraction of sp³-hybridized carbons (Fsp3) is 0.521. The SMILES string of the molecule is CC.CCCCCCC.CCCCCCC.CCCNC(=O)c1cn(C2CN(C(c3ccccc3)(c3ccccc3)c3ccccc3)CC(CO)O2)c(=O)[nH]c1=O. The Morgan fingerprint density at radius 3 is 1.53 bits per heavy atom. The fourth-order valence-electron chi connectivity index (χ4n) is 6.98. The normalized spacial score (nSPS) is 15.2. The number of rotatable bonds is 17. The van der Waals surface area contributed by atoms with Crippen LogP contribution in [-0.2, 0) is 10.3 Å². The second-order valence-corrected chi connectivity index (χ2v) is 14.2. The Kier molecular flexibility index (Phi) is 24.1. The fourth-order valence-corrected chi connectivity index (χ4v) is 6.98. The van der Waals surface area contributed by atoms with Crippen LogP contribution in [0, 0.1) is 0 Å². The number of aliphatic hydroxyl groups is 1. The third-order valence-electron chi connectivity index (χ3n) is 9.88. The van der Waals surface area contributed by atoms with Crippen LogP contribution in [0.5, 0.6) is 0 Å². The minimum Gasteiger partial charge on any atom is -0.394 e. The number of benzene rings is 3. The minimum atomic E-state index is -0.904. The molecule has 1 fully saturated rings. The molecule has 9 heteroatoms. The van der Waals surface area contributed by atoms with E-state index in [-0.39, 0.29) is 18.7 Å². The molecule has 0 saturated carbocycles. The first-order valence-corrected chi connectivity index (χ1v) is 21.6. The van der Waals surface area contributed by atoms with E-state index >= 15 is 0 Å². The van der Waals surface area contributed by atoms with Crippen molar-refractivity contribution >= 4 is 5.91 Å². The van der Waals surface area contributed by atoms with Crippen molar-refractivity contribution in [3.63, 3.8) is 0 Å². The van der Waals surface area contributed by atoms with E-state index in [9.17, 15) is 19.5 Å². The Morgan fingerprint density at radius 1 is 0.702 bits per heavy atom. The van der Waals surface area contributed by atoms with Crippen molar-refractivity contribution in [3.05, 3.63) is 140 Å². The lowest BCUT2D eigenvalue weighted by molar-refractivity contribution is -0.151. The zero-order chi connectivity index (χ0) is 41.9. The van der Waals surface area contributed by atoms with E-state index in [2.05, 4.69) is 79.3 Å². The number of ether oxygens (including phenoxy) is 1. The van der Waals surface area contributed by atoms with Crippen LogP contribution in [-0.4, -0.2) is 57.8 Å². The van der Waals surface area contributed by atoms with Gasteiger partial charge < -0.3 is 15.2 Å². The van der Waals surface area contributed by atoms with Gasteiger partial charge in [-0.05, 0) is 23.1 Å². The highest BCUT2D eigenvalue weighted by Gasteiger charge is 2.46. The quantitative estimate of drug-likeness (QED) is 0.0726. The van der Waals surface area contributed by atoms with Crippen LogP contribution in [0.1, 0.15) is 152 Å². The molecule has 57 heavy (non-hydrogen) atoms. The van der Waals surface area contributed by atoms with Gasteiger partial charge in [-0.15, -0.1) is 0 Å². The molecular formula is C48H72N4O5. The first-order chi connectivity index (χ1) is 27.8. The standard InChI is InChI=1S/C32H34N4O5.2C7H16.C2H6/c1-2-18-33-29(38)27-20-36(31(40)34-30(27)39)28-21-35(19-26(22-37)41-28)32(23-12-6-3-7-13-23,24-14-8-4-9-15-24)25-16-10-5-11-17-25;2*1-3-5-7-6-4-2;1-2/h3-17,20,26,28,37H,2,18-19,21-22H2,1H3,(H,33,38)(H,34,39,40);2*3-7H2,1-2H3;1-2H3. The average molecular weight is 785 g/mol. The summed E-state index contributed by atoms with van der Waals surface area (Å²) in [6.45, 7) is 15.6. The number of nitrogens with one attached hydrogen (secondary N) is 2. The molecule has 2 heterocycles. The van der Waals surface area contributed by atoms with E-state index in [4.69, 9.17) is 4.74 Å². The number of amides is 1. The predicted octanol–water partition coefficient (Wildman–Crippen LogP) is 9.84. The lowest BCUT2D eigenvalue weighted by atomic mass is 9.75. The number of aliphatic hydroxyl groups excluding tert-OH is 1. The Labute approximate surface area is 342 Å². The third-order valence-corrected chi connectivity index (χ3v) is 9.88. The van der Waals surface area contributed by atoms with Gasteiger partial charge in [-0.1, -0.05) is 204 Å². The maximum absolute atomic E-state index is 13.1. The second kappa shape index (κ2) is 28.1. The van der Waals surface area contributed by atoms with Crippen LogP contribution in [0.25, 0.3) is 0 Å². The van der Waals surface area contributed by atoms with Gasteiger partial charge in [0.05, 0.1) is 18.2 Å². The highest BCUT2D eigenvalue weighted by molar-refractivity contribution is 5.93. The van der Waals surface area contributed by atoms with Gasteiger partial charge in [0.1, 0.15) is 5.56 Å². The summed E-state index contributed by atoms with van der Waals surface area (Å²) in [7, 11) is 0. The molecule has 1 aliphatic heterocycles. The predicted molar refractivity (Wildman–Crippen MR) is 236 cm³/mol. The number of hydrogen-bond acceptors (Lipinski definition) is 6. The molecule has 0 radical (unpaired) electrons. The zero-order valence-electron chi connectivity index (χ0n) is 36.0. The van der Waals surface area contributed by atoms with Crippen molar-refractivity contribution < 1.29 is 14.6 Å². The van der Waals surface area contributed by atoms with E-state index in [1.54, 1.807) is 0 Å². The Hall–Kier alpha value is -4.31. The summed E-state index contributed by atoms with van der Waals surface area (Å²) >= 11 is 0. The maximum Gasteiger partial charge on any atom is 0.330 e. The summed E-state index contributed by atoms with van der Waals surface area (Å²) in [5.74, 6) is -0.569. The van der Waals surface area contributed by atoms with Crippen LogP contribution < -0.4 is 16.6 Å². The average Bonchev–Trinajstić information content (AvgIpc) is 3.26. The molecule has 1 amide bonds. The molecule has 3 aromatic carbocycles. The topological polar surface area (TPSA) is 117 Å². The molecular weight excluding hydrogens is 713 g/mol. The van der Waals surface area contributed by atoms with Gasteiger partial charge in [-0.2, -0.15) is 0 Å². The van der Waals surface area contributed by atoms with E-state index in [0.717, 1.165) is 16.7 Å². The Bertz CT molecular complexity index is 1630. The first kappa shape index (κ1) is 48.8. The largest absolute Gasteiger partial charge is 0.394 e. The molecule has 1 aliphatic rings. The summed E-state index contributed by atoms with van der Waals surface area (Å²) in [6.07, 6.45) is 14.4. The van der Waals surface area contributed by atoms with Crippen LogP contribution in [0.2, 0.25) is 0 Å². The summed E-state index contributed by atoms with van der Waals surface area (Å²) in [6, 6.07) is 30.3. The maximum atomic E-state index is 13.1. The number of aromatic nitrogens is 2. The summed E-state index contributed by atoms with van der Waals surface area (Å²) in [5.41, 5.74) is 0.551. The molecule has 9 nitrogen and oxygen atoms in total. The van der Waals surface area contributed by atoms with Gasteiger partial charge in [-0.3, -0.25) is 24.0 Å². The molecule has 3 N–H and O–H groups in total. The monoisotopic (exact) mass is 785 g/mol. The molecule has 2 atom stereocenters. The molecule has 0 bridgehead atoms. The molecule has 2 unspecified atom stereocenters. The van der Waals surface area contributed by atoms with Gasteiger partial charge >= 0.3 is 5.69 Å². The van der Waals surface area contributed by atoms with Crippen molar-refractivity contribution in [1.82, 2.24) is 19.8 Å². The van der Waals surface area contributed by atoms with Crippen molar-refractivity contribution in [2.45, 2.75) is 137 Å². The number of aromatic amines is 1. The van der Waals surface area contributed by atoms with Crippen LogP contribution in [0.3, 0.4) is 0 Å². The van der Waals surface area contributed by atoms with Gasteiger partial charge in [0.15, 0.2) is 6.23 Å². The van der Waals surface area contributed by atoms with Crippen molar-refractivity contribution in [3.8, 4) is 0 Å². The number of unbranched alkanes of at least 4 members (excludes halogenated alkanes) is 8. The molecule has 1 aromatic heterocycles. The van der Waals surface area contributed by atoms with E-state index in [0.29, 0.717) is 19.5 Å². The van der Waals surface area contributed by atoms with Crippen molar-refractivity contribution in [2.75, 3.05) is 26.2 Å². The lowest BCUT2D eigenvalue weighted by Crippen LogP contribution is -2.58. The van der Waals surface area contributed by atoms with Gasteiger partial charge in [0.25, 0.3) is 11.5 Å². The van der Waals surface area contributed by atoms with Crippen LogP contribution in [0.4, 0.5) is 0 Å². The number of hydrogen-bond donors (Lipinski definition) is 3. The molecule has 1 saturated heterocycles. The van der Waals surface area contributed by atoms with Gasteiger partial charge in [0.2, 0.25) is 0 Å². The van der Waals surface area contributed by atoms with Gasteiger partial charge in [0, 0.05) is 25.8 Å². The smallest absolute Gasteiger partial charge is 0.330 e. The second-order valence-electron chi connectivity index (χ2n) is 14.2. The zero-order valence-corrected chi connectivity index (χ0v) is 36.0. The summed E-state index contributed by atoms with van der Waals surface area (Å²) < 4.78 is 7.45. The number of morpholine rings is 1. The molecule has 314 valence electrons. The minimum absolute atomic E-state index is 0.181. The van der Waals surface area contributed by atoms with E-state index in [1.807, 2.05) is 75.4 Å². The Balaban J connectivity index is 0.000000594. The number of nitrogens with zero attached hydrogens (tertiary/aromatic N) is 2. The summed E-state index contributed by atoms with van der Waals surface area (Å²) in [5, 5.41) is 13.0. The third kappa shape index (κ3) is 14.5. The molecule has 0 spiro atoms. The van der Waals surface area contributed by atoms with Gasteiger partial charge in [-0.25, -0.2) is 4.79 Å². The first-order valence-electron chi connectivity index (χ1n) is 21.6. The number of carbonyl (C=O) groups is 1. The highest BCUT2D eigenvalue weighted by Crippen LogP contribution is 2.44. The van der Waals surface area contributed by atoms with Crippen LogP contribution >= 0.6 is 0 Å². The lowest BCUT2D eigenvalue weighted by Gasteiger charge is -2.50. The van der Waals surface area contributed by atoms with Crippen LogP contribution in [0.15, 0.2) is 107 Å². The number of H-pyrrole nitrogens is 1.